The van der Waals surface area contributed by atoms with Crippen molar-refractivity contribution in [3.63, 3.8) is 0 Å². The molecule has 1 spiro atoms. The highest BCUT2D eigenvalue weighted by Gasteiger charge is 2.76. The number of ether oxygens (including phenoxy) is 2. The maximum absolute atomic E-state index is 6.09. The van der Waals surface area contributed by atoms with Crippen LogP contribution in [0.4, 0.5) is 0 Å². The average molecular weight is 330 g/mol. The molecule has 4 nitrogen and oxygen atoms in total. The molecule has 4 aliphatic carbocycles. The van der Waals surface area contributed by atoms with Crippen LogP contribution in [0.2, 0.25) is 0 Å². The van der Waals surface area contributed by atoms with Crippen molar-refractivity contribution in [3.8, 4) is 5.75 Å². The molecule has 6 rings (SSSR count). The number of benzene rings is 1. The molecule has 4 bridgehead atoms. The molecule has 130 valence electrons. The number of hydrogen-bond donors (Lipinski definition) is 0. The van der Waals surface area contributed by atoms with Gasteiger partial charge in [-0.2, -0.15) is 4.89 Å². The van der Waals surface area contributed by atoms with Crippen molar-refractivity contribution >= 4 is 0 Å². The van der Waals surface area contributed by atoms with Gasteiger partial charge in [0.2, 0.25) is 0 Å². The van der Waals surface area contributed by atoms with E-state index in [2.05, 4.69) is 13.0 Å². The van der Waals surface area contributed by atoms with Crippen molar-refractivity contribution in [3.05, 3.63) is 29.3 Å². The van der Waals surface area contributed by atoms with Crippen molar-refractivity contribution < 1.29 is 19.2 Å². The number of hydrogen-bond acceptors (Lipinski definition) is 4. The normalized spacial score (nSPS) is 45.5. The zero-order chi connectivity index (χ0) is 16.5. The molecule has 5 aliphatic rings. The lowest BCUT2D eigenvalue weighted by Crippen LogP contribution is -2.76. The second kappa shape index (κ2) is 4.96. The first-order valence-corrected chi connectivity index (χ1v) is 9.19. The molecule has 1 aromatic rings. The molecular formula is C20H26O4. The predicted octanol–water partition coefficient (Wildman–Crippen LogP) is 3.96. The van der Waals surface area contributed by atoms with E-state index >= 15 is 0 Å². The average Bonchev–Trinajstić information content (AvgIpc) is 2.53. The van der Waals surface area contributed by atoms with Gasteiger partial charge in [-0.15, -0.1) is 0 Å². The van der Waals surface area contributed by atoms with Gasteiger partial charge in [0, 0.05) is 12.7 Å². The zero-order valence-electron chi connectivity index (χ0n) is 14.7. The van der Waals surface area contributed by atoms with Gasteiger partial charge in [-0.3, -0.25) is 0 Å². The molecule has 1 saturated heterocycles. The molecule has 1 aromatic carbocycles. The predicted molar refractivity (Wildman–Crippen MR) is 88.4 cm³/mol. The van der Waals surface area contributed by atoms with E-state index in [4.69, 9.17) is 19.2 Å². The fourth-order valence-corrected chi connectivity index (χ4v) is 6.41. The smallest absolute Gasteiger partial charge is 0.260 e. The van der Waals surface area contributed by atoms with E-state index in [0.717, 1.165) is 28.7 Å². The molecule has 0 aromatic heterocycles. The van der Waals surface area contributed by atoms with Gasteiger partial charge in [-0.1, -0.05) is 6.07 Å². The Bertz CT molecular complexity index is 638. The highest BCUT2D eigenvalue weighted by Crippen LogP contribution is 2.69. The Labute approximate surface area is 143 Å². The summed E-state index contributed by atoms with van der Waals surface area (Å²) in [6.45, 7) is 2.08. The van der Waals surface area contributed by atoms with Gasteiger partial charge in [-0.25, -0.2) is 4.89 Å². The minimum Gasteiger partial charge on any atom is -0.497 e. The van der Waals surface area contributed by atoms with Crippen molar-refractivity contribution in [2.45, 2.75) is 50.4 Å². The van der Waals surface area contributed by atoms with E-state index < -0.39 is 5.79 Å². The molecule has 1 atom stereocenters. The zero-order valence-corrected chi connectivity index (χ0v) is 14.7. The standard InChI is InChI=1S/C20H26O4/c1-12-4-17(11-18(5-12)21-2)20(22-3)19(23-24-20)15-7-13-6-14(9-15)10-16(19)8-13/h4-5,11,13-16H,6-10H2,1-3H3. The van der Waals surface area contributed by atoms with E-state index in [1.54, 1.807) is 14.2 Å². The summed E-state index contributed by atoms with van der Waals surface area (Å²) in [5.74, 6) is 2.88. The Morgan fingerprint density at radius 2 is 1.58 bits per heavy atom. The van der Waals surface area contributed by atoms with Gasteiger partial charge < -0.3 is 9.47 Å². The fraction of sp³-hybridized carbons (Fsp3) is 0.700. The Morgan fingerprint density at radius 1 is 0.917 bits per heavy atom. The van der Waals surface area contributed by atoms with Crippen molar-refractivity contribution in [1.29, 1.82) is 0 Å². The lowest BCUT2D eigenvalue weighted by molar-refractivity contribution is -0.645. The van der Waals surface area contributed by atoms with Crippen LogP contribution >= 0.6 is 0 Å². The lowest BCUT2D eigenvalue weighted by atomic mass is 9.47. The van der Waals surface area contributed by atoms with Crippen LogP contribution in [0.1, 0.15) is 43.2 Å². The third-order valence-corrected chi connectivity index (χ3v) is 7.12. The van der Waals surface area contributed by atoms with Gasteiger partial charge >= 0.3 is 0 Å². The summed E-state index contributed by atoms with van der Waals surface area (Å²) in [5.41, 5.74) is 1.85. The molecule has 0 amide bonds. The van der Waals surface area contributed by atoms with E-state index in [-0.39, 0.29) is 5.60 Å². The third kappa shape index (κ3) is 1.69. The number of aryl methyl sites for hydroxylation is 1. The topological polar surface area (TPSA) is 36.9 Å². The van der Waals surface area contributed by atoms with Crippen molar-refractivity contribution in [2.75, 3.05) is 14.2 Å². The van der Waals surface area contributed by atoms with Crippen LogP contribution in [-0.2, 0) is 20.3 Å². The van der Waals surface area contributed by atoms with E-state index in [0.29, 0.717) is 11.8 Å². The van der Waals surface area contributed by atoms with Gasteiger partial charge in [0.1, 0.15) is 5.75 Å². The Balaban J connectivity index is 1.62. The van der Waals surface area contributed by atoms with Crippen LogP contribution in [0.25, 0.3) is 0 Å². The molecule has 1 unspecified atom stereocenters. The van der Waals surface area contributed by atoms with Gasteiger partial charge in [0.05, 0.1) is 7.11 Å². The summed E-state index contributed by atoms with van der Waals surface area (Å²) in [5, 5.41) is 0. The van der Waals surface area contributed by atoms with Crippen LogP contribution in [0, 0.1) is 30.6 Å². The third-order valence-electron chi connectivity index (χ3n) is 7.12. The summed E-state index contributed by atoms with van der Waals surface area (Å²) < 4.78 is 11.6. The second-order valence-electron chi connectivity index (χ2n) is 8.32. The fourth-order valence-electron chi connectivity index (χ4n) is 6.41. The summed E-state index contributed by atoms with van der Waals surface area (Å²) >= 11 is 0. The van der Waals surface area contributed by atoms with Crippen LogP contribution in [0.3, 0.4) is 0 Å². The molecule has 1 aliphatic heterocycles. The van der Waals surface area contributed by atoms with Crippen LogP contribution < -0.4 is 4.74 Å². The Hall–Kier alpha value is -1.10. The van der Waals surface area contributed by atoms with E-state index in [9.17, 15) is 0 Å². The van der Waals surface area contributed by atoms with Crippen molar-refractivity contribution in [2.24, 2.45) is 23.7 Å². The number of rotatable bonds is 3. The molecule has 5 fully saturated rings. The highest BCUT2D eigenvalue weighted by atomic mass is 17.3. The van der Waals surface area contributed by atoms with Crippen LogP contribution in [-0.4, -0.2) is 19.8 Å². The monoisotopic (exact) mass is 330 g/mol. The molecule has 4 saturated carbocycles. The van der Waals surface area contributed by atoms with Crippen LogP contribution in [0.5, 0.6) is 5.75 Å². The van der Waals surface area contributed by atoms with E-state index in [1.165, 1.54) is 32.1 Å². The molecule has 0 radical (unpaired) electrons. The first-order valence-electron chi connectivity index (χ1n) is 9.19. The van der Waals surface area contributed by atoms with Gasteiger partial charge in [0.15, 0.2) is 5.60 Å². The molecule has 4 heteroatoms. The lowest BCUT2D eigenvalue weighted by Gasteiger charge is -2.68. The highest BCUT2D eigenvalue weighted by molar-refractivity contribution is 5.39. The van der Waals surface area contributed by atoms with Gasteiger partial charge in [-0.05, 0) is 80.4 Å². The maximum atomic E-state index is 6.09. The SMILES string of the molecule is COc1cc(C)cc(C2(OC)OOC23C2CC4CC(C2)CC3C4)c1. The summed E-state index contributed by atoms with van der Waals surface area (Å²) in [6, 6.07) is 6.24. The van der Waals surface area contributed by atoms with Crippen molar-refractivity contribution in [1.82, 2.24) is 0 Å². The van der Waals surface area contributed by atoms with E-state index in [1.807, 2.05) is 12.1 Å². The molecule has 1 heterocycles. The quantitative estimate of drug-likeness (QED) is 0.786. The molecular weight excluding hydrogens is 304 g/mol. The summed E-state index contributed by atoms with van der Waals surface area (Å²) in [7, 11) is 3.46. The second-order valence-corrected chi connectivity index (χ2v) is 8.32. The molecule has 24 heavy (non-hydrogen) atoms. The first-order chi connectivity index (χ1) is 11.6. The minimum absolute atomic E-state index is 0.325. The Kier molecular flexibility index (Phi) is 3.14. The minimum atomic E-state index is -0.797. The summed E-state index contributed by atoms with van der Waals surface area (Å²) in [6.07, 6.45) is 6.44. The van der Waals surface area contributed by atoms with Gasteiger partial charge in [0.25, 0.3) is 5.79 Å². The molecule has 0 N–H and O–H groups in total. The van der Waals surface area contributed by atoms with Crippen LogP contribution in [0.15, 0.2) is 18.2 Å². The number of methoxy groups -OCH3 is 2. The maximum Gasteiger partial charge on any atom is 0.260 e. The first kappa shape index (κ1) is 15.2. The summed E-state index contributed by atoms with van der Waals surface area (Å²) in [4.78, 5) is 11.8. The largest absolute Gasteiger partial charge is 0.497 e. The Morgan fingerprint density at radius 3 is 2.08 bits per heavy atom.